The summed E-state index contributed by atoms with van der Waals surface area (Å²) in [6.07, 6.45) is 2.54. The molecule has 1 aliphatic rings. The third kappa shape index (κ3) is 2.04. The first-order valence-electron chi connectivity index (χ1n) is 4.80. The maximum absolute atomic E-state index is 13.7. The lowest BCUT2D eigenvalue weighted by Crippen LogP contribution is -2.26. The first-order valence-corrected chi connectivity index (χ1v) is 5.60. The number of rotatable bonds is 4. The zero-order valence-electron chi connectivity index (χ0n) is 8.09. The molecule has 0 heterocycles. The van der Waals surface area contributed by atoms with Crippen LogP contribution in [0.5, 0.6) is 0 Å². The zero-order valence-corrected chi connectivity index (χ0v) is 9.68. The number of halogens is 2. The van der Waals surface area contributed by atoms with Crippen molar-refractivity contribution in [3.05, 3.63) is 34.1 Å². The summed E-state index contributed by atoms with van der Waals surface area (Å²) in [5.41, 5.74) is 0.547. The third-order valence-corrected chi connectivity index (χ3v) is 3.37. The Morgan fingerprint density at radius 1 is 1.53 bits per heavy atom. The fourth-order valence-electron chi connectivity index (χ4n) is 1.85. The second-order valence-corrected chi connectivity index (χ2v) is 4.82. The molecule has 1 fully saturated rings. The zero-order chi connectivity index (χ0) is 10.9. The molecule has 0 unspecified atom stereocenters. The molecule has 80 valence electrons. The van der Waals surface area contributed by atoms with Crippen LogP contribution in [-0.4, -0.2) is 13.0 Å². The number of nitrogens with one attached hydrogen (secondary N) is 1. The first-order chi connectivity index (χ1) is 7.18. The summed E-state index contributed by atoms with van der Waals surface area (Å²) in [5, 5.41) is 2.63. The molecule has 0 saturated heterocycles. The molecule has 0 spiro atoms. The fraction of sp³-hybridized carbons (Fsp3) is 0.364. The highest BCUT2D eigenvalue weighted by molar-refractivity contribution is 9.10. The Hall–Kier alpha value is -0.900. The van der Waals surface area contributed by atoms with Crippen LogP contribution in [0, 0.1) is 5.82 Å². The van der Waals surface area contributed by atoms with Crippen LogP contribution in [0.1, 0.15) is 18.4 Å². The van der Waals surface area contributed by atoms with Crippen LogP contribution >= 0.6 is 15.9 Å². The van der Waals surface area contributed by atoms with Crippen molar-refractivity contribution in [3.8, 4) is 0 Å². The molecule has 0 bridgehead atoms. The van der Waals surface area contributed by atoms with Gasteiger partial charge in [0.05, 0.1) is 0 Å². The van der Waals surface area contributed by atoms with Crippen molar-refractivity contribution < 1.29 is 9.18 Å². The minimum atomic E-state index is -0.199. The van der Waals surface area contributed by atoms with E-state index >= 15 is 0 Å². The summed E-state index contributed by atoms with van der Waals surface area (Å²) < 4.78 is 14.4. The molecule has 0 radical (unpaired) electrons. The molecule has 1 aromatic rings. The predicted octanol–water partition coefficient (Wildman–Crippen LogP) is 2.37. The summed E-state index contributed by atoms with van der Waals surface area (Å²) in [6.45, 7) is 0.523. The molecule has 1 aliphatic carbocycles. The van der Waals surface area contributed by atoms with Gasteiger partial charge in [-0.2, -0.15) is 0 Å². The van der Waals surface area contributed by atoms with E-state index in [0.717, 1.165) is 17.3 Å². The number of carbonyl (C=O) groups is 1. The lowest BCUT2D eigenvalue weighted by molar-refractivity contribution is -0.109. The lowest BCUT2D eigenvalue weighted by atomic mass is 9.95. The van der Waals surface area contributed by atoms with Gasteiger partial charge < -0.3 is 5.32 Å². The lowest BCUT2D eigenvalue weighted by Gasteiger charge is -2.15. The Morgan fingerprint density at radius 3 is 2.80 bits per heavy atom. The molecule has 4 heteroatoms. The largest absolute Gasteiger partial charge is 0.358 e. The van der Waals surface area contributed by atoms with E-state index in [4.69, 9.17) is 0 Å². The van der Waals surface area contributed by atoms with Crippen molar-refractivity contribution >= 4 is 22.3 Å². The minimum Gasteiger partial charge on any atom is -0.358 e. The molecule has 0 atom stereocenters. The molecule has 2 nitrogen and oxygen atoms in total. The minimum absolute atomic E-state index is 0.161. The van der Waals surface area contributed by atoms with E-state index in [1.165, 1.54) is 6.07 Å². The van der Waals surface area contributed by atoms with Crippen molar-refractivity contribution in [2.45, 2.75) is 18.3 Å². The maximum atomic E-state index is 13.7. The van der Waals surface area contributed by atoms with Gasteiger partial charge in [0.15, 0.2) is 0 Å². The average molecular weight is 272 g/mol. The molecular weight excluding hydrogens is 261 g/mol. The smallest absolute Gasteiger partial charge is 0.207 e. The standard InChI is InChI=1S/C11H11BrFNO/c12-8-1-2-9(10(13)5-8)11(3-4-11)6-14-7-15/h1-2,5,7H,3-4,6H2,(H,14,15). The predicted molar refractivity (Wildman–Crippen MR) is 59.1 cm³/mol. The first kappa shape index (κ1) is 10.6. The molecule has 0 aromatic heterocycles. The van der Waals surface area contributed by atoms with E-state index in [1.807, 2.05) is 6.07 Å². The van der Waals surface area contributed by atoms with E-state index < -0.39 is 0 Å². The van der Waals surface area contributed by atoms with Crippen molar-refractivity contribution in [3.63, 3.8) is 0 Å². The maximum Gasteiger partial charge on any atom is 0.207 e. The van der Waals surface area contributed by atoms with Crippen LogP contribution in [0.2, 0.25) is 0 Å². The van der Waals surface area contributed by atoms with Crippen molar-refractivity contribution in [1.29, 1.82) is 0 Å². The van der Waals surface area contributed by atoms with E-state index in [0.29, 0.717) is 18.5 Å². The Kier molecular flexibility index (Phi) is 2.78. The van der Waals surface area contributed by atoms with E-state index in [1.54, 1.807) is 6.07 Å². The summed E-state index contributed by atoms with van der Waals surface area (Å²) >= 11 is 3.22. The Balaban J connectivity index is 2.25. The van der Waals surface area contributed by atoms with Gasteiger partial charge in [-0.25, -0.2) is 4.39 Å². The number of hydrogen-bond donors (Lipinski definition) is 1. The van der Waals surface area contributed by atoms with Crippen LogP contribution in [0.25, 0.3) is 0 Å². The van der Waals surface area contributed by atoms with Gasteiger partial charge >= 0.3 is 0 Å². The second kappa shape index (κ2) is 3.93. The van der Waals surface area contributed by atoms with Gasteiger partial charge in [-0.05, 0) is 30.5 Å². The fourth-order valence-corrected chi connectivity index (χ4v) is 2.18. The summed E-state index contributed by atoms with van der Waals surface area (Å²) in [5.74, 6) is -0.199. The highest BCUT2D eigenvalue weighted by atomic mass is 79.9. The quantitative estimate of drug-likeness (QED) is 0.838. The number of hydrogen-bond acceptors (Lipinski definition) is 1. The van der Waals surface area contributed by atoms with Crippen LogP contribution in [0.3, 0.4) is 0 Å². The topological polar surface area (TPSA) is 29.1 Å². The van der Waals surface area contributed by atoms with Crippen molar-refractivity contribution in [2.75, 3.05) is 6.54 Å². The summed E-state index contributed by atoms with van der Waals surface area (Å²) in [4.78, 5) is 10.2. The normalized spacial score (nSPS) is 17.2. The molecule has 2 rings (SSSR count). The number of amides is 1. The highest BCUT2D eigenvalue weighted by Crippen LogP contribution is 2.48. The molecule has 1 aromatic carbocycles. The Labute approximate surface area is 96.0 Å². The van der Waals surface area contributed by atoms with Crippen LogP contribution in [-0.2, 0) is 10.2 Å². The molecule has 0 aliphatic heterocycles. The highest BCUT2D eigenvalue weighted by Gasteiger charge is 2.45. The summed E-state index contributed by atoms with van der Waals surface area (Å²) in [6, 6.07) is 5.09. The van der Waals surface area contributed by atoms with Crippen molar-refractivity contribution in [2.24, 2.45) is 0 Å². The van der Waals surface area contributed by atoms with Gasteiger partial charge in [-0.3, -0.25) is 4.79 Å². The number of benzene rings is 1. The molecule has 1 amide bonds. The summed E-state index contributed by atoms with van der Waals surface area (Å²) in [7, 11) is 0. The molecule has 1 N–H and O–H groups in total. The van der Waals surface area contributed by atoms with Crippen LogP contribution in [0.4, 0.5) is 4.39 Å². The van der Waals surface area contributed by atoms with E-state index in [9.17, 15) is 9.18 Å². The van der Waals surface area contributed by atoms with Gasteiger partial charge in [0, 0.05) is 16.4 Å². The monoisotopic (exact) mass is 271 g/mol. The SMILES string of the molecule is O=CNCC1(c2ccc(Br)cc2F)CC1. The van der Waals surface area contributed by atoms with E-state index in [2.05, 4.69) is 21.2 Å². The third-order valence-electron chi connectivity index (χ3n) is 2.88. The molecule has 1 saturated carbocycles. The van der Waals surface area contributed by atoms with Crippen LogP contribution in [0.15, 0.2) is 22.7 Å². The van der Waals surface area contributed by atoms with Gasteiger partial charge in [0.25, 0.3) is 0 Å². The van der Waals surface area contributed by atoms with Crippen LogP contribution < -0.4 is 5.32 Å². The van der Waals surface area contributed by atoms with Gasteiger partial charge in [0.2, 0.25) is 6.41 Å². The van der Waals surface area contributed by atoms with Gasteiger partial charge in [0.1, 0.15) is 5.82 Å². The van der Waals surface area contributed by atoms with Gasteiger partial charge in [-0.15, -0.1) is 0 Å². The van der Waals surface area contributed by atoms with E-state index in [-0.39, 0.29) is 11.2 Å². The Morgan fingerprint density at radius 2 is 2.27 bits per heavy atom. The number of carbonyl (C=O) groups excluding carboxylic acids is 1. The molecule has 15 heavy (non-hydrogen) atoms. The Bertz CT molecular complexity index is 390. The second-order valence-electron chi connectivity index (χ2n) is 3.90. The average Bonchev–Trinajstić information content (AvgIpc) is 2.96. The van der Waals surface area contributed by atoms with Gasteiger partial charge in [-0.1, -0.05) is 22.0 Å². The van der Waals surface area contributed by atoms with Crippen molar-refractivity contribution in [1.82, 2.24) is 5.32 Å². The molecular formula is C11H11BrFNO.